The topological polar surface area (TPSA) is 69.6 Å². The number of aliphatic carboxylic acids is 1. The van der Waals surface area contributed by atoms with E-state index in [0.29, 0.717) is 13.1 Å². The fourth-order valence-electron chi connectivity index (χ4n) is 1.37. The third kappa shape index (κ3) is 6.90. The van der Waals surface area contributed by atoms with Gasteiger partial charge in [-0.2, -0.15) is 0 Å². The summed E-state index contributed by atoms with van der Waals surface area (Å²) in [4.78, 5) is 23.1. The van der Waals surface area contributed by atoms with Gasteiger partial charge in [-0.05, 0) is 25.9 Å². The quantitative estimate of drug-likeness (QED) is 0.601. The zero-order valence-corrected chi connectivity index (χ0v) is 9.45. The van der Waals surface area contributed by atoms with Crippen molar-refractivity contribution >= 4 is 11.9 Å². The lowest BCUT2D eigenvalue weighted by atomic mass is 10.3. The highest BCUT2D eigenvalue weighted by Crippen LogP contribution is 1.92. The number of nitrogens with zero attached hydrogens (tertiary/aromatic N) is 1. The van der Waals surface area contributed by atoms with E-state index in [-0.39, 0.29) is 0 Å². The van der Waals surface area contributed by atoms with Crippen molar-refractivity contribution in [3.63, 3.8) is 0 Å². The van der Waals surface area contributed by atoms with Gasteiger partial charge in [0.25, 0.3) is 0 Å². The van der Waals surface area contributed by atoms with Gasteiger partial charge in [-0.1, -0.05) is 13.8 Å². The van der Waals surface area contributed by atoms with Crippen LogP contribution in [0, 0.1) is 0 Å². The largest absolute Gasteiger partial charge is 0.474 e. The lowest BCUT2D eigenvalue weighted by molar-refractivity contribution is -0.150. The summed E-state index contributed by atoms with van der Waals surface area (Å²) in [5.41, 5.74) is 0. The lowest BCUT2D eigenvalue weighted by Gasteiger charge is -2.20. The molecule has 0 aliphatic rings. The average Bonchev–Trinajstić information content (AvgIpc) is 2.18. The third-order valence-corrected chi connectivity index (χ3v) is 1.99. The lowest BCUT2D eigenvalue weighted by Crippen LogP contribution is -2.38. The molecule has 0 aromatic carbocycles. The summed E-state index contributed by atoms with van der Waals surface area (Å²) < 4.78 is 0. The second-order valence-corrected chi connectivity index (χ2v) is 3.40. The Hall–Kier alpha value is -1.10. The van der Waals surface area contributed by atoms with Crippen molar-refractivity contribution in [2.75, 3.05) is 26.2 Å². The molecule has 0 atom stereocenters. The molecule has 0 aromatic rings. The van der Waals surface area contributed by atoms with E-state index in [9.17, 15) is 9.59 Å². The van der Waals surface area contributed by atoms with E-state index in [1.54, 1.807) is 0 Å². The molecule has 0 heterocycles. The van der Waals surface area contributed by atoms with Gasteiger partial charge in [0.1, 0.15) is 0 Å². The van der Waals surface area contributed by atoms with Crippen molar-refractivity contribution in [1.29, 1.82) is 0 Å². The molecule has 0 bridgehead atoms. The number of carboxylic acids is 1. The molecule has 0 rings (SSSR count). The van der Waals surface area contributed by atoms with Crippen LogP contribution in [0.15, 0.2) is 0 Å². The summed E-state index contributed by atoms with van der Waals surface area (Å²) in [7, 11) is 0. The second kappa shape index (κ2) is 8.23. The van der Waals surface area contributed by atoms with Crippen LogP contribution < -0.4 is 5.32 Å². The first-order valence-corrected chi connectivity index (χ1v) is 5.35. The van der Waals surface area contributed by atoms with Crippen molar-refractivity contribution in [2.24, 2.45) is 0 Å². The van der Waals surface area contributed by atoms with Crippen molar-refractivity contribution in [3.05, 3.63) is 0 Å². The van der Waals surface area contributed by atoms with Crippen LogP contribution >= 0.6 is 0 Å². The zero-order valence-electron chi connectivity index (χ0n) is 9.45. The smallest absolute Gasteiger partial charge is 0.394 e. The number of hydrogen-bond acceptors (Lipinski definition) is 3. The Morgan fingerprint density at radius 3 is 2.07 bits per heavy atom. The van der Waals surface area contributed by atoms with Gasteiger partial charge in [0.05, 0.1) is 0 Å². The Morgan fingerprint density at radius 2 is 1.67 bits per heavy atom. The molecule has 0 spiro atoms. The molecule has 2 N–H and O–H groups in total. The molecule has 5 heteroatoms. The molecule has 0 aliphatic carbocycles. The van der Waals surface area contributed by atoms with E-state index in [2.05, 4.69) is 24.1 Å². The van der Waals surface area contributed by atoms with Gasteiger partial charge in [0, 0.05) is 13.1 Å². The van der Waals surface area contributed by atoms with E-state index < -0.39 is 11.9 Å². The van der Waals surface area contributed by atoms with Gasteiger partial charge < -0.3 is 15.3 Å². The van der Waals surface area contributed by atoms with Gasteiger partial charge in [-0.25, -0.2) is 4.79 Å². The van der Waals surface area contributed by atoms with Gasteiger partial charge in [-0.3, -0.25) is 4.79 Å². The number of rotatable bonds is 7. The molecule has 0 radical (unpaired) electrons. The molecule has 0 saturated heterocycles. The van der Waals surface area contributed by atoms with Crippen LogP contribution in [0.3, 0.4) is 0 Å². The SMILES string of the molecule is CCCN(CCC)CCNC(=O)C(=O)O. The number of carbonyl (C=O) groups excluding carboxylic acids is 1. The number of nitrogens with one attached hydrogen (secondary N) is 1. The van der Waals surface area contributed by atoms with Gasteiger partial charge in [0.15, 0.2) is 0 Å². The first-order chi connectivity index (χ1) is 7.11. The van der Waals surface area contributed by atoms with Gasteiger partial charge in [0.2, 0.25) is 0 Å². The minimum absolute atomic E-state index is 0.394. The fourth-order valence-corrected chi connectivity index (χ4v) is 1.37. The molecule has 0 aliphatic heterocycles. The normalized spacial score (nSPS) is 10.3. The van der Waals surface area contributed by atoms with Crippen LogP contribution in [0.5, 0.6) is 0 Å². The van der Waals surface area contributed by atoms with E-state index >= 15 is 0 Å². The maximum Gasteiger partial charge on any atom is 0.394 e. The Bertz CT molecular complexity index is 201. The highest BCUT2D eigenvalue weighted by Gasteiger charge is 2.10. The zero-order chi connectivity index (χ0) is 11.7. The molecule has 0 unspecified atom stereocenters. The molecule has 1 amide bonds. The number of carbonyl (C=O) groups is 2. The van der Waals surface area contributed by atoms with E-state index in [1.165, 1.54) is 0 Å². The minimum Gasteiger partial charge on any atom is -0.474 e. The molecule has 0 fully saturated rings. The van der Waals surface area contributed by atoms with Crippen LogP contribution in [-0.4, -0.2) is 48.1 Å². The van der Waals surface area contributed by atoms with Crippen LogP contribution in [0.1, 0.15) is 26.7 Å². The monoisotopic (exact) mass is 216 g/mol. The van der Waals surface area contributed by atoms with Crippen LogP contribution in [0.25, 0.3) is 0 Å². The van der Waals surface area contributed by atoms with E-state index in [0.717, 1.165) is 25.9 Å². The molecule has 88 valence electrons. The van der Waals surface area contributed by atoms with Crippen LogP contribution in [-0.2, 0) is 9.59 Å². The maximum atomic E-state index is 10.7. The predicted octanol–water partition coefficient (Wildman–Crippen LogP) is 0.309. The number of amides is 1. The second-order valence-electron chi connectivity index (χ2n) is 3.40. The summed E-state index contributed by atoms with van der Waals surface area (Å²) in [5, 5.41) is 10.7. The van der Waals surface area contributed by atoms with Crippen LogP contribution in [0.4, 0.5) is 0 Å². The third-order valence-electron chi connectivity index (χ3n) is 1.99. The summed E-state index contributed by atoms with van der Waals surface area (Å²) in [6.45, 7) is 7.26. The Morgan fingerprint density at radius 1 is 1.13 bits per heavy atom. The summed E-state index contributed by atoms with van der Waals surface area (Å²) in [5.74, 6) is -2.35. The Balaban J connectivity index is 3.69. The summed E-state index contributed by atoms with van der Waals surface area (Å²) in [6, 6.07) is 0. The summed E-state index contributed by atoms with van der Waals surface area (Å²) >= 11 is 0. The summed E-state index contributed by atoms with van der Waals surface area (Å²) in [6.07, 6.45) is 2.12. The minimum atomic E-state index is -1.42. The number of carboxylic acid groups (broad SMARTS) is 1. The average molecular weight is 216 g/mol. The van der Waals surface area contributed by atoms with E-state index in [4.69, 9.17) is 5.11 Å². The van der Waals surface area contributed by atoms with Crippen molar-refractivity contribution in [2.45, 2.75) is 26.7 Å². The molecule has 0 saturated carbocycles. The van der Waals surface area contributed by atoms with Crippen molar-refractivity contribution in [1.82, 2.24) is 10.2 Å². The first-order valence-electron chi connectivity index (χ1n) is 5.35. The highest BCUT2D eigenvalue weighted by atomic mass is 16.4. The van der Waals surface area contributed by atoms with Crippen LogP contribution in [0.2, 0.25) is 0 Å². The molecular formula is C10H20N2O3. The Kier molecular flexibility index (Phi) is 7.62. The molecule has 5 nitrogen and oxygen atoms in total. The van der Waals surface area contributed by atoms with E-state index in [1.807, 2.05) is 0 Å². The van der Waals surface area contributed by atoms with Crippen molar-refractivity contribution in [3.8, 4) is 0 Å². The first kappa shape index (κ1) is 13.9. The van der Waals surface area contributed by atoms with Gasteiger partial charge >= 0.3 is 11.9 Å². The molecule has 0 aromatic heterocycles. The van der Waals surface area contributed by atoms with Gasteiger partial charge in [-0.15, -0.1) is 0 Å². The maximum absolute atomic E-state index is 10.7. The van der Waals surface area contributed by atoms with Crippen molar-refractivity contribution < 1.29 is 14.7 Å². The molecular weight excluding hydrogens is 196 g/mol. The Labute approximate surface area is 90.5 Å². The standard InChI is InChI=1S/C10H20N2O3/c1-3-6-12(7-4-2)8-5-11-9(13)10(14)15/h3-8H2,1-2H3,(H,11,13)(H,14,15). The predicted molar refractivity (Wildman–Crippen MR) is 57.7 cm³/mol. The molecule has 15 heavy (non-hydrogen) atoms. The number of hydrogen-bond donors (Lipinski definition) is 2. The fraction of sp³-hybridized carbons (Fsp3) is 0.800. The highest BCUT2D eigenvalue weighted by molar-refractivity contribution is 6.31.